The predicted molar refractivity (Wildman–Crippen MR) is 258 cm³/mol. The van der Waals surface area contributed by atoms with E-state index in [1.54, 1.807) is 0 Å². The Morgan fingerprint density at radius 1 is 0.407 bits per heavy atom. The molecule has 10 radical (unpaired) electrons. The fourth-order valence-electron chi connectivity index (χ4n) is 8.92. The zero-order chi connectivity index (χ0) is 39.9. The lowest BCUT2D eigenvalue weighted by Gasteiger charge is -2.22. The van der Waals surface area contributed by atoms with Gasteiger partial charge in [-0.3, -0.25) is 4.57 Å². The molecule has 262 valence electrons. The van der Waals surface area contributed by atoms with E-state index in [4.69, 9.17) is 44.2 Å². The van der Waals surface area contributed by atoms with Crippen molar-refractivity contribution in [1.82, 2.24) is 9.55 Å². The minimum atomic E-state index is 0.162. The summed E-state index contributed by atoms with van der Waals surface area (Å²) in [6.45, 7) is 0. The van der Waals surface area contributed by atoms with Gasteiger partial charge in [-0.1, -0.05) is 132 Å². The lowest BCUT2D eigenvalue weighted by molar-refractivity contribution is 1.11. The number of hydrogen-bond acceptors (Lipinski definition) is 2. The van der Waals surface area contributed by atoms with Gasteiger partial charge < -0.3 is 0 Å². The number of imidazole rings is 1. The average Bonchev–Trinajstić information content (AvgIpc) is 3.86. The van der Waals surface area contributed by atoms with Crippen molar-refractivity contribution in [3.05, 3.63) is 164 Å². The quantitative estimate of drug-likeness (QED) is 0.128. The zero-order valence-corrected chi connectivity index (χ0v) is 32.6. The summed E-state index contributed by atoms with van der Waals surface area (Å²) in [5.74, 6) is 0.519. The van der Waals surface area contributed by atoms with Crippen LogP contribution in [-0.4, -0.2) is 48.8 Å². The first-order valence-electron chi connectivity index (χ1n) is 19.4. The highest BCUT2D eigenvalue weighted by molar-refractivity contribution is 7.26. The lowest BCUT2D eigenvalue weighted by Crippen LogP contribution is -2.55. The number of fused-ring (bicyclic) bond motifs is 6. The van der Waals surface area contributed by atoms with Crippen LogP contribution < -0.4 is 27.3 Å². The lowest BCUT2D eigenvalue weighted by atomic mass is 9.60. The summed E-state index contributed by atoms with van der Waals surface area (Å²) in [7, 11) is 32.4. The van der Waals surface area contributed by atoms with Gasteiger partial charge in [-0.25, -0.2) is 4.98 Å². The molecule has 0 bridgehead atoms. The minimum Gasteiger partial charge on any atom is -0.292 e. The van der Waals surface area contributed by atoms with Gasteiger partial charge >= 0.3 is 0 Å². The van der Waals surface area contributed by atoms with Crippen molar-refractivity contribution in [1.29, 1.82) is 0 Å². The van der Waals surface area contributed by atoms with E-state index >= 15 is 0 Å². The normalized spacial score (nSPS) is 11.7. The van der Waals surface area contributed by atoms with Crippen molar-refractivity contribution >= 4 is 131 Å². The molecule has 2 nitrogen and oxygen atoms in total. The third-order valence-corrected chi connectivity index (χ3v) is 12.8. The highest BCUT2D eigenvalue weighted by Gasteiger charge is 2.23. The van der Waals surface area contributed by atoms with Gasteiger partial charge in [0.15, 0.2) is 0 Å². The molecular formula is C51H27B5N2S. The van der Waals surface area contributed by atoms with Crippen LogP contribution >= 0.6 is 11.3 Å². The van der Waals surface area contributed by atoms with E-state index in [-0.39, 0.29) is 27.3 Å². The van der Waals surface area contributed by atoms with Gasteiger partial charge in [0.2, 0.25) is 0 Å². The molecule has 0 aliphatic heterocycles. The van der Waals surface area contributed by atoms with E-state index in [1.165, 1.54) is 47.6 Å². The summed E-state index contributed by atoms with van der Waals surface area (Å²) in [6, 6.07) is 58.3. The monoisotopic (exact) mass is 754 g/mol. The van der Waals surface area contributed by atoms with Gasteiger partial charge in [0.25, 0.3) is 0 Å². The summed E-state index contributed by atoms with van der Waals surface area (Å²) in [5, 5.41) is 7.20. The minimum absolute atomic E-state index is 0.162. The number of nitrogens with zero attached hydrogens (tertiary/aromatic N) is 2. The van der Waals surface area contributed by atoms with Gasteiger partial charge in [-0.2, -0.15) is 0 Å². The van der Waals surface area contributed by atoms with E-state index in [0.29, 0.717) is 11.4 Å². The molecule has 0 saturated heterocycles. The number of hydrogen-bond donors (Lipinski definition) is 0. The Hall–Kier alpha value is -6.49. The van der Waals surface area contributed by atoms with E-state index < -0.39 is 0 Å². The smallest absolute Gasteiger partial charge is 0.144 e. The largest absolute Gasteiger partial charge is 0.292 e. The van der Waals surface area contributed by atoms with Crippen LogP contribution in [0.1, 0.15) is 0 Å². The van der Waals surface area contributed by atoms with Crippen LogP contribution in [0.5, 0.6) is 0 Å². The molecule has 11 rings (SSSR count). The maximum absolute atomic E-state index is 6.68. The Bertz CT molecular complexity index is 3490. The molecule has 0 N–H and O–H groups in total. The number of para-hydroxylation sites is 2. The Balaban J connectivity index is 1.23. The summed E-state index contributed by atoms with van der Waals surface area (Å²) >= 11 is 1.84. The number of aromatic nitrogens is 2. The molecule has 2 aromatic heterocycles. The maximum atomic E-state index is 6.68. The molecule has 2 heterocycles. The van der Waals surface area contributed by atoms with Crippen molar-refractivity contribution in [2.45, 2.75) is 0 Å². The van der Waals surface area contributed by atoms with Gasteiger partial charge in [-0.15, -0.1) is 27.7 Å². The highest BCUT2D eigenvalue weighted by Crippen LogP contribution is 2.49. The summed E-state index contributed by atoms with van der Waals surface area (Å²) in [6.07, 6.45) is 0. The summed E-state index contributed by atoms with van der Waals surface area (Å²) < 4.78 is 4.62. The Morgan fingerprint density at radius 3 is 1.81 bits per heavy atom. The Kier molecular flexibility index (Phi) is 8.36. The first kappa shape index (κ1) is 35.7. The van der Waals surface area contributed by atoms with Crippen LogP contribution in [0.25, 0.3) is 103 Å². The van der Waals surface area contributed by atoms with Crippen molar-refractivity contribution in [2.24, 2.45) is 0 Å². The van der Waals surface area contributed by atoms with E-state index in [1.807, 2.05) is 35.6 Å². The first-order chi connectivity index (χ1) is 28.9. The first-order valence-corrected chi connectivity index (χ1v) is 20.2. The average molecular weight is 754 g/mol. The number of benzene rings is 9. The topological polar surface area (TPSA) is 17.8 Å². The molecule has 0 fully saturated rings. The van der Waals surface area contributed by atoms with Crippen molar-refractivity contribution in [3.8, 4) is 50.5 Å². The number of thiophene rings is 1. The molecule has 9 aromatic carbocycles. The van der Waals surface area contributed by atoms with Gasteiger partial charge in [0.05, 0.1) is 11.0 Å². The predicted octanol–water partition coefficient (Wildman–Crippen LogP) is 8.34. The zero-order valence-electron chi connectivity index (χ0n) is 31.8. The summed E-state index contributed by atoms with van der Waals surface area (Å²) in [5.41, 5.74) is 10.9. The molecule has 8 heteroatoms. The molecule has 59 heavy (non-hydrogen) atoms. The van der Waals surface area contributed by atoms with Crippen LogP contribution in [-0.2, 0) is 0 Å². The molecule has 0 spiro atoms. The molecule has 0 saturated carbocycles. The van der Waals surface area contributed by atoms with Crippen LogP contribution in [0.4, 0.5) is 0 Å². The summed E-state index contributed by atoms with van der Waals surface area (Å²) in [4.78, 5) is 5.07. The second kappa shape index (κ2) is 13.8. The fourth-order valence-corrected chi connectivity index (χ4v) is 10.1. The standard InChI is InChI=1S/C51H27B5N2S/c52-46-45(47(53)49(55)50(56)48(46)54)51-57-38-20-7-8-21-39(38)58(51)31-15-10-14-30(26-31)42-32-16-4-5-17-33(32)43(37-27-29(24-25-34(37)42)28-12-2-1-3-13-28)36-19-11-23-41-44(36)35-18-6-9-22-40(35)59-41/h1-27H. The van der Waals surface area contributed by atoms with E-state index in [2.05, 4.69) is 144 Å². The third kappa shape index (κ3) is 5.50. The number of rotatable bonds is 5. The van der Waals surface area contributed by atoms with Crippen molar-refractivity contribution < 1.29 is 0 Å². The van der Waals surface area contributed by atoms with Crippen LogP contribution in [0.2, 0.25) is 0 Å². The van der Waals surface area contributed by atoms with Crippen LogP contribution in [0.3, 0.4) is 0 Å². The highest BCUT2D eigenvalue weighted by atomic mass is 32.1. The van der Waals surface area contributed by atoms with Crippen molar-refractivity contribution in [2.75, 3.05) is 0 Å². The SMILES string of the molecule is [B]c1c([B])c([B])c(-c2nc3ccccc3n2-c2cccc(-c3c4ccccc4c(-c4cccc5sc6ccccc6c45)c4cc(-c5ccccc5)ccc34)c2)c([B])c1[B]. The molecule has 11 aromatic rings. The molecule has 0 unspecified atom stereocenters. The molecule has 0 amide bonds. The van der Waals surface area contributed by atoms with Crippen LogP contribution in [0.15, 0.2) is 164 Å². The molecular weight excluding hydrogens is 727 g/mol. The fraction of sp³-hybridized carbons (Fsp3) is 0. The third-order valence-electron chi connectivity index (χ3n) is 11.7. The molecule has 0 aliphatic rings. The van der Waals surface area contributed by atoms with E-state index in [9.17, 15) is 0 Å². The van der Waals surface area contributed by atoms with Crippen LogP contribution in [0, 0.1) is 0 Å². The van der Waals surface area contributed by atoms with Gasteiger partial charge in [-0.05, 0) is 97.4 Å². The maximum Gasteiger partial charge on any atom is 0.144 e. The van der Waals surface area contributed by atoms with E-state index in [0.717, 1.165) is 44.2 Å². The molecule has 0 atom stereocenters. The molecule has 0 aliphatic carbocycles. The Morgan fingerprint density at radius 2 is 1.02 bits per heavy atom. The van der Waals surface area contributed by atoms with Crippen molar-refractivity contribution in [3.63, 3.8) is 0 Å². The Labute approximate surface area is 352 Å². The second-order valence-electron chi connectivity index (χ2n) is 15.0. The van der Waals surface area contributed by atoms with Gasteiger partial charge in [0, 0.05) is 31.4 Å². The second-order valence-corrected chi connectivity index (χ2v) is 16.0. The van der Waals surface area contributed by atoms with Gasteiger partial charge in [0.1, 0.15) is 45.1 Å².